The van der Waals surface area contributed by atoms with Gasteiger partial charge in [-0.1, -0.05) is 11.8 Å². The minimum Gasteiger partial charge on any atom is -0.481 e. The fourth-order valence-electron chi connectivity index (χ4n) is 0.973. The van der Waals surface area contributed by atoms with Gasteiger partial charge in [0.25, 0.3) is 0 Å². The van der Waals surface area contributed by atoms with Crippen molar-refractivity contribution in [2.75, 3.05) is 18.8 Å². The average Bonchev–Trinajstić information content (AvgIpc) is 2.26. The minimum absolute atomic E-state index is 0.105. The molecule has 90 valence electrons. The van der Waals surface area contributed by atoms with Gasteiger partial charge < -0.3 is 16.2 Å². The lowest BCUT2D eigenvalue weighted by atomic mass is 10.5. The Labute approximate surface area is 97.6 Å². The van der Waals surface area contributed by atoms with Gasteiger partial charge in [0.2, 0.25) is 0 Å². The average molecular weight is 245 g/mol. The number of aliphatic carboxylic acids is 1. The quantitative estimate of drug-likeness (QED) is 0.478. The zero-order chi connectivity index (χ0) is 11.8. The van der Waals surface area contributed by atoms with Crippen molar-refractivity contribution in [2.45, 2.75) is 12.7 Å². The molecule has 5 N–H and O–H groups in total. The van der Waals surface area contributed by atoms with E-state index in [2.05, 4.69) is 20.6 Å². The summed E-state index contributed by atoms with van der Waals surface area (Å²) in [7, 11) is 0. The lowest BCUT2D eigenvalue weighted by Crippen LogP contribution is -2.44. The van der Waals surface area contributed by atoms with Gasteiger partial charge in [-0.15, -0.1) is 0 Å². The third-order valence-electron chi connectivity index (χ3n) is 1.68. The van der Waals surface area contributed by atoms with Crippen molar-refractivity contribution < 1.29 is 9.90 Å². The number of aliphatic imine (C=N–C) groups is 2. The maximum atomic E-state index is 10.3. The van der Waals surface area contributed by atoms with Gasteiger partial charge in [0.15, 0.2) is 11.5 Å². The van der Waals surface area contributed by atoms with Gasteiger partial charge in [-0.3, -0.25) is 10.1 Å². The van der Waals surface area contributed by atoms with E-state index >= 15 is 0 Å². The van der Waals surface area contributed by atoms with Crippen molar-refractivity contribution >= 4 is 29.2 Å². The summed E-state index contributed by atoms with van der Waals surface area (Å²) in [6.45, 7) is 1.19. The van der Waals surface area contributed by atoms with E-state index in [1.54, 1.807) is 6.34 Å². The molecule has 0 fully saturated rings. The predicted octanol–water partition coefficient (Wildman–Crippen LogP) is -0.986. The molecular weight excluding hydrogens is 230 g/mol. The third-order valence-corrected chi connectivity index (χ3v) is 2.55. The molecule has 1 atom stereocenters. The van der Waals surface area contributed by atoms with Crippen LogP contribution in [0.25, 0.3) is 0 Å². The molecule has 7 nitrogen and oxygen atoms in total. The number of nitrogens with zero attached hydrogens (tertiary/aromatic N) is 2. The first kappa shape index (κ1) is 12.9. The number of carboxylic acid groups (broad SMARTS) is 1. The van der Waals surface area contributed by atoms with E-state index in [1.807, 2.05) is 0 Å². The Morgan fingerprint density at radius 2 is 2.56 bits per heavy atom. The van der Waals surface area contributed by atoms with Crippen LogP contribution in [0.1, 0.15) is 6.42 Å². The number of rotatable bonds is 6. The highest BCUT2D eigenvalue weighted by Crippen LogP contribution is 2.09. The van der Waals surface area contributed by atoms with Crippen LogP contribution in [0, 0.1) is 0 Å². The van der Waals surface area contributed by atoms with Crippen LogP contribution in [0.3, 0.4) is 0 Å². The molecule has 1 rings (SSSR count). The maximum Gasteiger partial charge on any atom is 0.304 e. The second kappa shape index (κ2) is 7.20. The van der Waals surface area contributed by atoms with Crippen LogP contribution in [0.4, 0.5) is 0 Å². The molecule has 0 radical (unpaired) electrons. The molecule has 0 aromatic rings. The summed E-state index contributed by atoms with van der Waals surface area (Å²) in [5.41, 5.74) is 5.35. The molecule has 8 heteroatoms. The fourth-order valence-corrected chi connectivity index (χ4v) is 1.74. The number of carbonyl (C=O) groups is 1. The summed E-state index contributed by atoms with van der Waals surface area (Å²) in [5.74, 6) is -0.349. The van der Waals surface area contributed by atoms with Crippen molar-refractivity contribution in [1.82, 2.24) is 10.6 Å². The lowest BCUT2D eigenvalue weighted by Gasteiger charge is -2.17. The molecule has 0 aliphatic carbocycles. The van der Waals surface area contributed by atoms with Crippen molar-refractivity contribution in [2.24, 2.45) is 15.7 Å². The number of carboxylic acids is 1. The molecule has 1 aliphatic rings. The molecule has 0 aromatic carbocycles. The van der Waals surface area contributed by atoms with Crippen LogP contribution >= 0.6 is 11.8 Å². The molecule has 0 spiro atoms. The molecule has 0 saturated carbocycles. The zero-order valence-corrected chi connectivity index (χ0v) is 9.54. The number of nitrogens with one attached hydrogen (secondary N) is 2. The van der Waals surface area contributed by atoms with Gasteiger partial charge in [0, 0.05) is 18.8 Å². The van der Waals surface area contributed by atoms with Gasteiger partial charge in [0.05, 0.1) is 12.8 Å². The van der Waals surface area contributed by atoms with Crippen LogP contribution < -0.4 is 16.4 Å². The van der Waals surface area contributed by atoms with Gasteiger partial charge in [-0.05, 0) is 0 Å². The molecule has 0 aromatic heterocycles. The Kier molecular flexibility index (Phi) is 5.83. The topological polar surface area (TPSA) is 112 Å². The Bertz CT molecular complexity index is 294. The molecule has 0 amide bonds. The highest BCUT2D eigenvalue weighted by atomic mass is 32.2. The summed E-state index contributed by atoms with van der Waals surface area (Å²) < 4.78 is 0. The molecule has 0 bridgehead atoms. The number of thioether (sulfide) groups is 1. The SMILES string of the molecule is NCCNC1N=C(SCCC(=O)O)N=CN1. The summed E-state index contributed by atoms with van der Waals surface area (Å²) in [6, 6.07) is 0. The zero-order valence-electron chi connectivity index (χ0n) is 8.72. The van der Waals surface area contributed by atoms with Crippen molar-refractivity contribution in [3.63, 3.8) is 0 Å². The Balaban J connectivity index is 2.31. The van der Waals surface area contributed by atoms with Crippen molar-refractivity contribution in [3.05, 3.63) is 0 Å². The highest BCUT2D eigenvalue weighted by molar-refractivity contribution is 8.13. The monoisotopic (exact) mass is 245 g/mol. The summed E-state index contributed by atoms with van der Waals surface area (Å²) in [6.07, 6.45) is 1.42. The minimum atomic E-state index is -0.816. The van der Waals surface area contributed by atoms with E-state index in [9.17, 15) is 4.79 Å². The van der Waals surface area contributed by atoms with E-state index in [-0.39, 0.29) is 12.7 Å². The first-order valence-electron chi connectivity index (χ1n) is 4.87. The largest absolute Gasteiger partial charge is 0.481 e. The fraction of sp³-hybridized carbons (Fsp3) is 0.625. The molecule has 1 heterocycles. The summed E-state index contributed by atoms with van der Waals surface area (Å²) >= 11 is 1.32. The number of hydrogen-bond acceptors (Lipinski definition) is 7. The van der Waals surface area contributed by atoms with E-state index < -0.39 is 5.97 Å². The van der Waals surface area contributed by atoms with Crippen LogP contribution in [0.15, 0.2) is 9.98 Å². The Morgan fingerprint density at radius 1 is 1.75 bits per heavy atom. The van der Waals surface area contributed by atoms with E-state index in [4.69, 9.17) is 10.8 Å². The number of nitrogens with two attached hydrogens (primary N) is 1. The third kappa shape index (κ3) is 5.10. The van der Waals surface area contributed by atoms with Crippen LogP contribution in [-0.2, 0) is 4.79 Å². The normalized spacial score (nSPS) is 19.1. The van der Waals surface area contributed by atoms with E-state index in [0.29, 0.717) is 24.0 Å². The predicted molar refractivity (Wildman–Crippen MR) is 64.6 cm³/mol. The smallest absolute Gasteiger partial charge is 0.304 e. The van der Waals surface area contributed by atoms with Gasteiger partial charge >= 0.3 is 5.97 Å². The molecule has 0 saturated heterocycles. The lowest BCUT2D eigenvalue weighted by molar-refractivity contribution is -0.136. The Morgan fingerprint density at radius 3 is 3.25 bits per heavy atom. The van der Waals surface area contributed by atoms with Gasteiger partial charge in [-0.2, -0.15) is 0 Å². The van der Waals surface area contributed by atoms with E-state index in [0.717, 1.165) is 0 Å². The van der Waals surface area contributed by atoms with Gasteiger partial charge in [-0.25, -0.2) is 9.98 Å². The van der Waals surface area contributed by atoms with Crippen LogP contribution in [0.5, 0.6) is 0 Å². The number of amidine groups is 1. The number of hydrogen-bond donors (Lipinski definition) is 4. The molecular formula is C8H15N5O2S. The van der Waals surface area contributed by atoms with Gasteiger partial charge in [0.1, 0.15) is 0 Å². The molecule has 1 aliphatic heterocycles. The van der Waals surface area contributed by atoms with Crippen LogP contribution in [0.2, 0.25) is 0 Å². The second-order valence-electron chi connectivity index (χ2n) is 2.97. The van der Waals surface area contributed by atoms with E-state index in [1.165, 1.54) is 11.8 Å². The summed E-state index contributed by atoms with van der Waals surface area (Å²) in [4.78, 5) is 18.5. The highest BCUT2D eigenvalue weighted by Gasteiger charge is 2.10. The molecule has 1 unspecified atom stereocenters. The first-order chi connectivity index (χ1) is 7.72. The maximum absolute atomic E-state index is 10.3. The first-order valence-corrected chi connectivity index (χ1v) is 5.85. The second-order valence-corrected chi connectivity index (χ2v) is 4.04. The van der Waals surface area contributed by atoms with Crippen LogP contribution in [-0.4, -0.2) is 47.7 Å². The van der Waals surface area contributed by atoms with Crippen molar-refractivity contribution in [3.8, 4) is 0 Å². The standard InChI is InChI=1S/C8H15N5O2S/c9-2-3-10-7-11-5-12-8(13-7)16-4-1-6(14)15/h5,7,10H,1-4,9H2,(H,14,15)(H,11,12,13). The van der Waals surface area contributed by atoms with Crippen molar-refractivity contribution in [1.29, 1.82) is 0 Å². The Hall–Kier alpha value is -1.12. The molecule has 16 heavy (non-hydrogen) atoms. The summed E-state index contributed by atoms with van der Waals surface area (Å²) in [5, 5.41) is 15.0.